The zero-order valence-electron chi connectivity index (χ0n) is 19.4. The second kappa shape index (κ2) is 11.1. The molecule has 0 fully saturated rings. The van der Waals surface area contributed by atoms with Crippen LogP contribution in [0.25, 0.3) is 10.6 Å². The topological polar surface area (TPSA) is 90.4 Å². The first-order valence-electron chi connectivity index (χ1n) is 10.6. The summed E-state index contributed by atoms with van der Waals surface area (Å²) in [6.07, 6.45) is 2.74. The third kappa shape index (κ3) is 5.66. The molecular formula is C23H31N5O3S. The van der Waals surface area contributed by atoms with Gasteiger partial charge in [0, 0.05) is 25.4 Å². The first-order valence-corrected chi connectivity index (χ1v) is 11.4. The summed E-state index contributed by atoms with van der Waals surface area (Å²) >= 11 is 1.60. The van der Waals surface area contributed by atoms with Crippen LogP contribution < -0.4 is 20.1 Å². The highest BCUT2D eigenvalue weighted by molar-refractivity contribution is 7.19. The molecule has 172 valence electrons. The lowest BCUT2D eigenvalue weighted by molar-refractivity contribution is 0.190. The number of rotatable bonds is 11. The molecule has 2 unspecified atom stereocenters. The molecule has 8 nitrogen and oxygen atoms in total. The number of hydrogen-bond donors (Lipinski definition) is 2. The van der Waals surface area contributed by atoms with E-state index in [1.54, 1.807) is 38.9 Å². The predicted octanol–water partition coefficient (Wildman–Crippen LogP) is 5.32. The van der Waals surface area contributed by atoms with Crippen molar-refractivity contribution in [3.8, 4) is 22.1 Å². The summed E-state index contributed by atoms with van der Waals surface area (Å²) in [5.74, 6) is 2.17. The Balaban J connectivity index is 1.94. The molecule has 0 aliphatic heterocycles. The molecule has 0 saturated heterocycles. The van der Waals surface area contributed by atoms with Crippen LogP contribution in [0.2, 0.25) is 0 Å². The van der Waals surface area contributed by atoms with Gasteiger partial charge in [-0.05, 0) is 37.5 Å². The van der Waals surface area contributed by atoms with Gasteiger partial charge in [0.25, 0.3) is 0 Å². The monoisotopic (exact) mass is 457 g/mol. The molecule has 3 aromatic rings. The van der Waals surface area contributed by atoms with Gasteiger partial charge in [0.15, 0.2) is 5.13 Å². The van der Waals surface area contributed by atoms with Crippen molar-refractivity contribution < 1.29 is 14.2 Å². The van der Waals surface area contributed by atoms with Gasteiger partial charge in [-0.3, -0.25) is 0 Å². The zero-order valence-corrected chi connectivity index (χ0v) is 20.2. The van der Waals surface area contributed by atoms with Crippen LogP contribution in [0.15, 0.2) is 30.5 Å². The summed E-state index contributed by atoms with van der Waals surface area (Å²) in [6.45, 7) is 7.03. The normalized spacial score (nSPS) is 12.8. The summed E-state index contributed by atoms with van der Waals surface area (Å²) in [7, 11) is 4.95. The second-order valence-electron chi connectivity index (χ2n) is 7.50. The molecule has 9 heteroatoms. The maximum atomic E-state index is 5.46. The Morgan fingerprint density at radius 1 is 1.06 bits per heavy atom. The van der Waals surface area contributed by atoms with Crippen molar-refractivity contribution in [2.45, 2.75) is 39.2 Å². The summed E-state index contributed by atoms with van der Waals surface area (Å²) in [5, 5.41) is 7.54. The summed E-state index contributed by atoms with van der Waals surface area (Å²) in [4.78, 5) is 15.1. The number of anilines is 3. The molecule has 0 amide bonds. The second-order valence-corrected chi connectivity index (χ2v) is 8.50. The number of nitrogens with zero attached hydrogens (tertiary/aromatic N) is 3. The fourth-order valence-corrected chi connectivity index (χ4v) is 4.35. The van der Waals surface area contributed by atoms with Gasteiger partial charge < -0.3 is 24.8 Å². The lowest BCUT2D eigenvalue weighted by Crippen LogP contribution is -2.20. The van der Waals surface area contributed by atoms with Crippen LogP contribution >= 0.6 is 11.3 Å². The maximum Gasteiger partial charge on any atom is 0.227 e. The summed E-state index contributed by atoms with van der Waals surface area (Å²) in [5.41, 5.74) is 2.59. The Kier molecular flexibility index (Phi) is 8.24. The fourth-order valence-electron chi connectivity index (χ4n) is 3.18. The van der Waals surface area contributed by atoms with Crippen molar-refractivity contribution >= 4 is 28.1 Å². The molecule has 2 heterocycles. The molecule has 0 saturated carbocycles. The summed E-state index contributed by atoms with van der Waals surface area (Å²) < 4.78 is 16.0. The zero-order chi connectivity index (χ0) is 23.1. The molecule has 0 spiro atoms. The van der Waals surface area contributed by atoms with Crippen molar-refractivity contribution in [1.29, 1.82) is 0 Å². The third-order valence-corrected chi connectivity index (χ3v) is 6.09. The Morgan fingerprint density at radius 3 is 2.56 bits per heavy atom. The van der Waals surface area contributed by atoms with E-state index < -0.39 is 0 Å². The van der Waals surface area contributed by atoms with E-state index in [9.17, 15) is 0 Å². The molecule has 0 aliphatic rings. The molecule has 2 N–H and O–H groups in total. The van der Waals surface area contributed by atoms with Gasteiger partial charge in [0.2, 0.25) is 5.95 Å². The van der Waals surface area contributed by atoms with E-state index in [0.29, 0.717) is 30.0 Å². The third-order valence-electron chi connectivity index (χ3n) is 5.06. The van der Waals surface area contributed by atoms with Crippen molar-refractivity contribution in [3.05, 3.63) is 36.2 Å². The van der Waals surface area contributed by atoms with Gasteiger partial charge in [0.1, 0.15) is 11.5 Å². The van der Waals surface area contributed by atoms with Crippen LogP contribution in [-0.2, 0) is 4.74 Å². The molecule has 1 aromatic carbocycles. The molecule has 32 heavy (non-hydrogen) atoms. The minimum atomic E-state index is 0.159. The van der Waals surface area contributed by atoms with E-state index in [1.165, 1.54) is 0 Å². The number of benzene rings is 1. The van der Waals surface area contributed by atoms with Crippen molar-refractivity contribution in [3.63, 3.8) is 0 Å². The molecule has 2 aromatic heterocycles. The lowest BCUT2D eigenvalue weighted by Gasteiger charge is -2.12. The lowest BCUT2D eigenvalue weighted by atomic mass is 10.0. The standard InChI is InChI=1S/C23H31N5O3S/c1-7-14(2)20-21(32-23(28-20)25-15(3)13-29-4)17-10-11-24-22(26-17)27-18-12-16(30-5)8-9-19(18)31-6/h8-12,14-15H,7,13H2,1-6H3,(H,25,28)(H,24,26,27). The largest absolute Gasteiger partial charge is 0.497 e. The number of methoxy groups -OCH3 is 3. The minimum absolute atomic E-state index is 0.159. The van der Waals surface area contributed by atoms with E-state index in [2.05, 4.69) is 36.4 Å². The highest BCUT2D eigenvalue weighted by Crippen LogP contribution is 2.38. The first-order chi connectivity index (χ1) is 15.5. The van der Waals surface area contributed by atoms with Crippen LogP contribution in [0.1, 0.15) is 38.8 Å². The van der Waals surface area contributed by atoms with E-state index in [-0.39, 0.29) is 6.04 Å². The Bertz CT molecular complexity index is 1030. The average Bonchev–Trinajstić information content (AvgIpc) is 3.22. The molecule has 2 atom stereocenters. The predicted molar refractivity (Wildman–Crippen MR) is 130 cm³/mol. The minimum Gasteiger partial charge on any atom is -0.497 e. The molecule has 0 radical (unpaired) electrons. The van der Waals surface area contributed by atoms with E-state index in [0.717, 1.165) is 33.5 Å². The van der Waals surface area contributed by atoms with Gasteiger partial charge in [0.05, 0.1) is 42.8 Å². The van der Waals surface area contributed by atoms with Crippen LogP contribution in [0, 0.1) is 0 Å². The number of hydrogen-bond acceptors (Lipinski definition) is 9. The van der Waals surface area contributed by atoms with Crippen LogP contribution in [-0.4, -0.2) is 48.9 Å². The van der Waals surface area contributed by atoms with Crippen LogP contribution in [0.4, 0.5) is 16.8 Å². The highest BCUT2D eigenvalue weighted by Gasteiger charge is 2.20. The smallest absolute Gasteiger partial charge is 0.227 e. The van der Waals surface area contributed by atoms with Gasteiger partial charge >= 0.3 is 0 Å². The Labute approximate surface area is 193 Å². The van der Waals surface area contributed by atoms with Crippen molar-refractivity contribution in [2.24, 2.45) is 0 Å². The van der Waals surface area contributed by atoms with Gasteiger partial charge in [-0.1, -0.05) is 25.2 Å². The number of nitrogens with one attached hydrogen (secondary N) is 2. The number of thiazole rings is 1. The van der Waals surface area contributed by atoms with Crippen LogP contribution in [0.3, 0.4) is 0 Å². The van der Waals surface area contributed by atoms with Gasteiger partial charge in [-0.25, -0.2) is 15.0 Å². The van der Waals surface area contributed by atoms with Gasteiger partial charge in [-0.15, -0.1) is 0 Å². The Hall–Kier alpha value is -2.91. The van der Waals surface area contributed by atoms with Gasteiger partial charge in [-0.2, -0.15) is 0 Å². The van der Waals surface area contributed by atoms with Crippen molar-refractivity contribution in [2.75, 3.05) is 38.6 Å². The van der Waals surface area contributed by atoms with E-state index in [4.69, 9.17) is 24.2 Å². The highest BCUT2D eigenvalue weighted by atomic mass is 32.1. The van der Waals surface area contributed by atoms with E-state index in [1.807, 2.05) is 24.3 Å². The molecule has 3 rings (SSSR count). The quantitative estimate of drug-likeness (QED) is 0.400. The van der Waals surface area contributed by atoms with Crippen molar-refractivity contribution in [1.82, 2.24) is 15.0 Å². The first kappa shape index (κ1) is 23.7. The summed E-state index contributed by atoms with van der Waals surface area (Å²) in [6, 6.07) is 7.61. The Morgan fingerprint density at radius 2 is 1.88 bits per heavy atom. The fraction of sp³-hybridized carbons (Fsp3) is 0.435. The molecular weight excluding hydrogens is 426 g/mol. The van der Waals surface area contributed by atoms with Crippen LogP contribution in [0.5, 0.6) is 11.5 Å². The van der Waals surface area contributed by atoms with E-state index >= 15 is 0 Å². The number of ether oxygens (including phenoxy) is 3. The SMILES string of the molecule is CCC(C)c1nc(NC(C)COC)sc1-c1ccnc(Nc2cc(OC)ccc2OC)n1. The average molecular weight is 458 g/mol. The maximum absolute atomic E-state index is 5.46. The number of aromatic nitrogens is 3. The molecule has 0 aliphatic carbocycles. The molecule has 0 bridgehead atoms.